The molecule has 0 bridgehead atoms. The minimum absolute atomic E-state index is 0.186. The van der Waals surface area contributed by atoms with Crippen LogP contribution in [0.4, 0.5) is 0 Å². The van der Waals surface area contributed by atoms with Crippen LogP contribution in [0.3, 0.4) is 0 Å². The van der Waals surface area contributed by atoms with Gasteiger partial charge in [-0.25, -0.2) is 8.42 Å². The quantitative estimate of drug-likeness (QED) is 0.901. The monoisotopic (exact) mass is 313 g/mol. The number of nitrogens with one attached hydrogen (secondary N) is 1. The highest BCUT2D eigenvalue weighted by atomic mass is 32.2. The number of sulfone groups is 1. The highest BCUT2D eigenvalue weighted by Crippen LogP contribution is 2.37. The van der Waals surface area contributed by atoms with Crippen LogP contribution in [0.15, 0.2) is 6.20 Å². The van der Waals surface area contributed by atoms with Gasteiger partial charge in [0.1, 0.15) is 9.84 Å². The van der Waals surface area contributed by atoms with Gasteiger partial charge < -0.3 is 5.32 Å². The summed E-state index contributed by atoms with van der Waals surface area (Å²) in [5.74, 6) is 0.359. The Labute approximate surface area is 128 Å². The van der Waals surface area contributed by atoms with E-state index >= 15 is 0 Å². The molecule has 3 atom stereocenters. The van der Waals surface area contributed by atoms with Gasteiger partial charge in [-0.05, 0) is 38.6 Å². The van der Waals surface area contributed by atoms with Crippen LogP contribution in [0, 0.1) is 5.92 Å². The summed E-state index contributed by atoms with van der Waals surface area (Å²) < 4.78 is 25.6. The Bertz CT molecular complexity index is 580. The lowest BCUT2D eigenvalue weighted by Crippen LogP contribution is -2.34. The van der Waals surface area contributed by atoms with E-state index in [1.165, 1.54) is 11.8 Å². The molecular weight excluding hydrogens is 286 g/mol. The molecule has 21 heavy (non-hydrogen) atoms. The van der Waals surface area contributed by atoms with Gasteiger partial charge in [0.15, 0.2) is 0 Å². The maximum Gasteiger partial charge on any atom is 0.150 e. The van der Waals surface area contributed by atoms with Gasteiger partial charge in [-0.2, -0.15) is 5.10 Å². The van der Waals surface area contributed by atoms with E-state index < -0.39 is 9.84 Å². The Morgan fingerprint density at radius 3 is 2.76 bits per heavy atom. The average molecular weight is 313 g/mol. The second-order valence-electron chi connectivity index (χ2n) is 6.20. The van der Waals surface area contributed by atoms with E-state index in [0.717, 1.165) is 37.8 Å². The third-order valence-electron chi connectivity index (χ3n) is 4.66. The van der Waals surface area contributed by atoms with Crippen molar-refractivity contribution in [2.24, 2.45) is 13.0 Å². The van der Waals surface area contributed by atoms with Crippen LogP contribution in [-0.2, 0) is 23.3 Å². The van der Waals surface area contributed by atoms with Crippen LogP contribution in [0.1, 0.15) is 49.9 Å². The summed E-state index contributed by atoms with van der Waals surface area (Å²) >= 11 is 0. The summed E-state index contributed by atoms with van der Waals surface area (Å²) in [6.07, 6.45) is 7.97. The highest BCUT2D eigenvalue weighted by Gasteiger charge is 2.34. The van der Waals surface area contributed by atoms with Crippen LogP contribution in [-0.4, -0.2) is 36.8 Å². The van der Waals surface area contributed by atoms with Crippen molar-refractivity contribution in [1.29, 1.82) is 0 Å². The van der Waals surface area contributed by atoms with E-state index in [0.29, 0.717) is 5.92 Å². The van der Waals surface area contributed by atoms with Gasteiger partial charge in [-0.15, -0.1) is 0 Å². The molecule has 0 radical (unpaired) electrons. The topological polar surface area (TPSA) is 64.0 Å². The average Bonchev–Trinajstić information content (AvgIpc) is 2.80. The minimum Gasteiger partial charge on any atom is -0.313 e. The number of hydrogen-bond donors (Lipinski definition) is 1. The summed E-state index contributed by atoms with van der Waals surface area (Å²) in [5.41, 5.74) is 2.33. The lowest BCUT2D eigenvalue weighted by Gasteiger charge is -2.33. The normalized spacial score (nSPS) is 25.0. The number of aromatic nitrogens is 2. The molecule has 1 fully saturated rings. The van der Waals surface area contributed by atoms with E-state index in [1.54, 1.807) is 0 Å². The molecule has 1 N–H and O–H groups in total. The fourth-order valence-electron chi connectivity index (χ4n) is 3.61. The highest BCUT2D eigenvalue weighted by molar-refractivity contribution is 7.91. The van der Waals surface area contributed by atoms with E-state index in [4.69, 9.17) is 0 Å². The van der Waals surface area contributed by atoms with Crippen molar-refractivity contribution in [2.45, 2.75) is 50.3 Å². The molecule has 0 amide bonds. The molecule has 1 heterocycles. The number of aryl methyl sites for hydroxylation is 2. The van der Waals surface area contributed by atoms with Gasteiger partial charge in [0.05, 0.1) is 10.9 Å². The van der Waals surface area contributed by atoms with Gasteiger partial charge in [0, 0.05) is 31.1 Å². The lowest BCUT2D eigenvalue weighted by atomic mass is 9.81. The number of nitrogens with zero attached hydrogens (tertiary/aromatic N) is 2. The van der Waals surface area contributed by atoms with Gasteiger partial charge in [0.25, 0.3) is 0 Å². The van der Waals surface area contributed by atoms with Crippen molar-refractivity contribution in [2.75, 3.05) is 13.3 Å². The second-order valence-corrected chi connectivity index (χ2v) is 8.53. The molecule has 5 nitrogen and oxygen atoms in total. The van der Waals surface area contributed by atoms with Crippen molar-refractivity contribution in [3.8, 4) is 0 Å². The van der Waals surface area contributed by atoms with Crippen molar-refractivity contribution >= 4 is 9.84 Å². The van der Waals surface area contributed by atoms with Gasteiger partial charge in [-0.1, -0.05) is 13.3 Å². The fourth-order valence-corrected chi connectivity index (χ4v) is 4.80. The summed E-state index contributed by atoms with van der Waals surface area (Å²) in [5, 5.41) is 7.73. The molecule has 2 rings (SSSR count). The SMILES string of the molecule is CCc1nn(C)cc1C(NC)C1CCCC(S(C)(=O)=O)C1. The first-order valence-corrected chi connectivity index (χ1v) is 9.70. The first-order valence-electron chi connectivity index (χ1n) is 7.75. The fraction of sp³-hybridized carbons (Fsp3) is 0.800. The van der Waals surface area contributed by atoms with Crippen molar-refractivity contribution in [1.82, 2.24) is 15.1 Å². The number of rotatable bonds is 5. The van der Waals surface area contributed by atoms with Crippen molar-refractivity contribution in [3.05, 3.63) is 17.5 Å². The third-order valence-corrected chi connectivity index (χ3v) is 6.30. The molecule has 1 aliphatic carbocycles. The lowest BCUT2D eigenvalue weighted by molar-refractivity contribution is 0.282. The Morgan fingerprint density at radius 2 is 2.19 bits per heavy atom. The molecular formula is C15H27N3O2S. The molecule has 1 saturated carbocycles. The molecule has 1 aliphatic rings. The minimum atomic E-state index is -2.94. The Hall–Kier alpha value is -0.880. The molecule has 0 aliphatic heterocycles. The van der Waals surface area contributed by atoms with E-state index in [-0.39, 0.29) is 11.3 Å². The Kier molecular flexibility index (Phi) is 5.09. The summed E-state index contributed by atoms with van der Waals surface area (Å²) in [4.78, 5) is 0. The van der Waals surface area contributed by atoms with Gasteiger partial charge >= 0.3 is 0 Å². The third kappa shape index (κ3) is 3.66. The maximum atomic E-state index is 11.9. The zero-order chi connectivity index (χ0) is 15.6. The standard InChI is InChI=1S/C15H27N3O2S/c1-5-14-13(10-18(3)17-14)15(16-2)11-7-6-8-12(9-11)21(4,19)20/h10-12,15-16H,5-9H2,1-4H3. The molecule has 1 aromatic heterocycles. The maximum absolute atomic E-state index is 11.9. The van der Waals surface area contributed by atoms with Crippen molar-refractivity contribution in [3.63, 3.8) is 0 Å². The predicted molar refractivity (Wildman–Crippen MR) is 85.0 cm³/mol. The van der Waals surface area contributed by atoms with Crippen LogP contribution in [0.2, 0.25) is 0 Å². The molecule has 1 aromatic rings. The molecule has 6 heteroatoms. The number of hydrogen-bond acceptors (Lipinski definition) is 4. The summed E-state index contributed by atoms with van der Waals surface area (Å²) in [6.45, 7) is 2.11. The zero-order valence-electron chi connectivity index (χ0n) is 13.5. The van der Waals surface area contributed by atoms with Crippen LogP contribution < -0.4 is 5.32 Å². The molecule has 0 spiro atoms. The molecule has 0 saturated heterocycles. The van der Waals surface area contributed by atoms with Crippen LogP contribution >= 0.6 is 0 Å². The Morgan fingerprint density at radius 1 is 1.48 bits per heavy atom. The first kappa shape index (κ1) is 16.5. The Balaban J connectivity index is 2.24. The van der Waals surface area contributed by atoms with E-state index in [1.807, 2.05) is 18.8 Å². The van der Waals surface area contributed by atoms with Gasteiger partial charge in [0.2, 0.25) is 0 Å². The second kappa shape index (κ2) is 6.48. The van der Waals surface area contributed by atoms with E-state index in [9.17, 15) is 8.42 Å². The van der Waals surface area contributed by atoms with E-state index in [2.05, 4.69) is 23.5 Å². The predicted octanol–water partition coefficient (Wildman–Crippen LogP) is 1.85. The zero-order valence-corrected chi connectivity index (χ0v) is 14.3. The van der Waals surface area contributed by atoms with Crippen LogP contribution in [0.5, 0.6) is 0 Å². The summed E-state index contributed by atoms with van der Waals surface area (Å²) in [6, 6.07) is 0.193. The van der Waals surface area contributed by atoms with Crippen LogP contribution in [0.25, 0.3) is 0 Å². The van der Waals surface area contributed by atoms with Gasteiger partial charge in [-0.3, -0.25) is 4.68 Å². The molecule has 3 unspecified atom stereocenters. The molecule has 0 aromatic carbocycles. The smallest absolute Gasteiger partial charge is 0.150 e. The first-order chi connectivity index (χ1) is 9.86. The van der Waals surface area contributed by atoms with Crippen molar-refractivity contribution < 1.29 is 8.42 Å². The molecule has 120 valence electrons. The summed E-state index contributed by atoms with van der Waals surface area (Å²) in [7, 11) is 0.958. The largest absolute Gasteiger partial charge is 0.313 e.